The lowest BCUT2D eigenvalue weighted by molar-refractivity contribution is 0.815. The van der Waals surface area contributed by atoms with Crippen LogP contribution in [0, 0.1) is 6.92 Å². The van der Waals surface area contributed by atoms with Crippen molar-refractivity contribution in [3.8, 4) is 5.82 Å². The van der Waals surface area contributed by atoms with E-state index in [4.69, 9.17) is 11.6 Å². The first kappa shape index (κ1) is 22.2. The summed E-state index contributed by atoms with van der Waals surface area (Å²) in [5, 5.41) is 7.32. The molecule has 0 fully saturated rings. The van der Waals surface area contributed by atoms with Gasteiger partial charge in [0.05, 0.1) is 6.54 Å². The Morgan fingerprint density at radius 3 is 2.43 bits per heavy atom. The van der Waals surface area contributed by atoms with Gasteiger partial charge in [-0.1, -0.05) is 29.8 Å². The van der Waals surface area contributed by atoms with Crippen molar-refractivity contribution < 1.29 is 0 Å². The first-order valence-corrected chi connectivity index (χ1v) is 9.25. The Morgan fingerprint density at radius 1 is 1.07 bits per heavy atom. The molecule has 0 spiro atoms. The second kappa shape index (κ2) is 11.0. The lowest BCUT2D eigenvalue weighted by Gasteiger charge is -2.11. The highest BCUT2D eigenvalue weighted by molar-refractivity contribution is 14.0. The Bertz CT molecular complexity index is 890. The lowest BCUT2D eigenvalue weighted by Crippen LogP contribution is -2.36. The van der Waals surface area contributed by atoms with Gasteiger partial charge in [-0.15, -0.1) is 24.0 Å². The van der Waals surface area contributed by atoms with Crippen LogP contribution < -0.4 is 10.6 Å². The van der Waals surface area contributed by atoms with Gasteiger partial charge in [-0.3, -0.25) is 4.57 Å². The van der Waals surface area contributed by atoms with Crippen LogP contribution in [-0.2, 0) is 13.1 Å². The maximum Gasteiger partial charge on any atom is 0.191 e. The minimum Gasteiger partial charge on any atom is -0.357 e. The van der Waals surface area contributed by atoms with E-state index in [0.29, 0.717) is 13.1 Å². The van der Waals surface area contributed by atoms with Crippen LogP contribution in [-0.4, -0.2) is 27.0 Å². The SMILES string of the molecule is CCNC(=NCc1ccc(-n2ccnc2C)nc1)NCc1ccc(Cl)cc1.I. The summed E-state index contributed by atoms with van der Waals surface area (Å²) < 4.78 is 1.95. The van der Waals surface area contributed by atoms with Crippen LogP contribution in [0.5, 0.6) is 0 Å². The van der Waals surface area contributed by atoms with E-state index >= 15 is 0 Å². The molecule has 3 aromatic rings. The van der Waals surface area contributed by atoms with E-state index in [2.05, 4.69) is 25.6 Å². The Kier molecular flexibility index (Phi) is 8.72. The fraction of sp³-hybridized carbons (Fsp3) is 0.250. The number of aryl methyl sites for hydroxylation is 1. The fourth-order valence-electron chi connectivity index (χ4n) is 2.57. The molecule has 0 unspecified atom stereocenters. The van der Waals surface area contributed by atoms with Crippen LogP contribution in [0.15, 0.2) is 60.0 Å². The minimum absolute atomic E-state index is 0. The molecule has 0 aliphatic heterocycles. The van der Waals surface area contributed by atoms with Gasteiger partial charge >= 0.3 is 0 Å². The predicted molar refractivity (Wildman–Crippen MR) is 125 cm³/mol. The average molecular weight is 511 g/mol. The number of aromatic nitrogens is 3. The fourth-order valence-corrected chi connectivity index (χ4v) is 2.70. The number of hydrogen-bond acceptors (Lipinski definition) is 3. The maximum atomic E-state index is 5.93. The normalized spacial score (nSPS) is 11.0. The van der Waals surface area contributed by atoms with E-state index in [1.165, 1.54) is 0 Å². The average Bonchev–Trinajstić information content (AvgIpc) is 3.11. The van der Waals surface area contributed by atoms with Crippen LogP contribution in [0.25, 0.3) is 5.82 Å². The number of nitrogens with one attached hydrogen (secondary N) is 2. The van der Waals surface area contributed by atoms with Crippen molar-refractivity contribution in [1.82, 2.24) is 25.2 Å². The highest BCUT2D eigenvalue weighted by atomic mass is 127. The van der Waals surface area contributed by atoms with Gasteiger partial charge in [-0.05, 0) is 43.2 Å². The molecular formula is C20H24ClIN6. The molecule has 6 nitrogen and oxygen atoms in total. The number of guanidine groups is 1. The molecule has 3 rings (SSSR count). The van der Waals surface area contributed by atoms with Crippen LogP contribution in [0.4, 0.5) is 0 Å². The van der Waals surface area contributed by atoms with Gasteiger partial charge in [0.15, 0.2) is 5.96 Å². The molecule has 0 atom stereocenters. The summed E-state index contributed by atoms with van der Waals surface area (Å²) in [5.41, 5.74) is 2.19. The summed E-state index contributed by atoms with van der Waals surface area (Å²) in [5.74, 6) is 2.53. The number of hydrogen-bond donors (Lipinski definition) is 2. The van der Waals surface area contributed by atoms with Crippen LogP contribution >= 0.6 is 35.6 Å². The van der Waals surface area contributed by atoms with Crippen LogP contribution in [0.3, 0.4) is 0 Å². The van der Waals surface area contributed by atoms with E-state index in [-0.39, 0.29) is 24.0 Å². The molecule has 0 amide bonds. The zero-order chi connectivity index (χ0) is 19.1. The molecule has 0 aliphatic rings. The molecule has 0 saturated carbocycles. The summed E-state index contributed by atoms with van der Waals surface area (Å²) in [6.45, 7) is 6.02. The Balaban J connectivity index is 0.00000280. The maximum absolute atomic E-state index is 5.93. The van der Waals surface area contributed by atoms with Gasteiger partial charge in [-0.25, -0.2) is 15.0 Å². The Labute approximate surface area is 187 Å². The second-order valence-electron chi connectivity index (χ2n) is 6.04. The van der Waals surface area contributed by atoms with Crippen molar-refractivity contribution in [1.29, 1.82) is 0 Å². The quantitative estimate of drug-likeness (QED) is 0.298. The first-order valence-electron chi connectivity index (χ1n) is 8.87. The number of nitrogens with zero attached hydrogens (tertiary/aromatic N) is 4. The summed E-state index contributed by atoms with van der Waals surface area (Å²) in [6.07, 6.45) is 5.52. The molecule has 0 saturated heterocycles. The Hall–Kier alpha value is -2.13. The molecule has 148 valence electrons. The molecule has 0 aliphatic carbocycles. The van der Waals surface area contributed by atoms with E-state index in [0.717, 1.165) is 40.3 Å². The highest BCUT2D eigenvalue weighted by Crippen LogP contribution is 2.10. The third-order valence-electron chi connectivity index (χ3n) is 4.02. The molecule has 1 aromatic carbocycles. The van der Waals surface area contributed by atoms with Crippen molar-refractivity contribution in [3.63, 3.8) is 0 Å². The van der Waals surface area contributed by atoms with Gasteiger partial charge < -0.3 is 10.6 Å². The smallest absolute Gasteiger partial charge is 0.191 e. The number of aliphatic imine (C=N–C) groups is 1. The predicted octanol–water partition coefficient (Wildman–Crippen LogP) is 4.10. The van der Waals surface area contributed by atoms with Crippen molar-refractivity contribution in [3.05, 3.63) is 77.0 Å². The summed E-state index contributed by atoms with van der Waals surface area (Å²) in [7, 11) is 0. The van der Waals surface area contributed by atoms with Gasteiger partial charge in [0.2, 0.25) is 0 Å². The minimum atomic E-state index is 0. The third-order valence-corrected chi connectivity index (χ3v) is 4.27. The number of imidazole rings is 1. The molecule has 28 heavy (non-hydrogen) atoms. The molecule has 8 heteroatoms. The van der Waals surface area contributed by atoms with E-state index < -0.39 is 0 Å². The molecule has 2 N–H and O–H groups in total. The topological polar surface area (TPSA) is 67.1 Å². The number of pyridine rings is 1. The van der Waals surface area contributed by atoms with Crippen molar-refractivity contribution in [2.45, 2.75) is 26.9 Å². The van der Waals surface area contributed by atoms with E-state index in [1.54, 1.807) is 6.20 Å². The monoisotopic (exact) mass is 510 g/mol. The first-order chi connectivity index (χ1) is 13.2. The van der Waals surface area contributed by atoms with Crippen LogP contribution in [0.1, 0.15) is 23.9 Å². The lowest BCUT2D eigenvalue weighted by atomic mass is 10.2. The third kappa shape index (κ3) is 6.20. The molecule has 0 bridgehead atoms. The molecule has 0 radical (unpaired) electrons. The second-order valence-corrected chi connectivity index (χ2v) is 6.48. The van der Waals surface area contributed by atoms with E-state index in [9.17, 15) is 0 Å². The van der Waals surface area contributed by atoms with Gasteiger partial charge in [0, 0.05) is 36.7 Å². The number of benzene rings is 1. The standard InChI is InChI=1S/C20H23ClN6.HI/c1-3-22-20(25-12-16-4-7-18(21)8-5-16)26-14-17-6-9-19(24-13-17)27-11-10-23-15(27)2;/h4-11,13H,3,12,14H2,1-2H3,(H2,22,25,26);1H. The van der Waals surface area contributed by atoms with Crippen LogP contribution in [0.2, 0.25) is 5.02 Å². The molecule has 2 heterocycles. The zero-order valence-electron chi connectivity index (χ0n) is 15.9. The summed E-state index contributed by atoms with van der Waals surface area (Å²) >= 11 is 5.93. The Morgan fingerprint density at radius 2 is 1.82 bits per heavy atom. The van der Waals surface area contributed by atoms with Gasteiger partial charge in [0.25, 0.3) is 0 Å². The van der Waals surface area contributed by atoms with Gasteiger partial charge in [-0.2, -0.15) is 0 Å². The van der Waals surface area contributed by atoms with Crippen molar-refractivity contribution in [2.75, 3.05) is 6.54 Å². The van der Waals surface area contributed by atoms with Crippen molar-refractivity contribution in [2.24, 2.45) is 4.99 Å². The van der Waals surface area contributed by atoms with Crippen molar-refractivity contribution >= 4 is 41.5 Å². The van der Waals surface area contributed by atoms with E-state index in [1.807, 2.05) is 67.2 Å². The summed E-state index contributed by atoms with van der Waals surface area (Å²) in [4.78, 5) is 13.4. The number of halogens is 2. The number of rotatable bonds is 6. The largest absolute Gasteiger partial charge is 0.357 e. The highest BCUT2D eigenvalue weighted by Gasteiger charge is 2.03. The molecular weight excluding hydrogens is 487 g/mol. The molecule has 2 aromatic heterocycles. The zero-order valence-corrected chi connectivity index (χ0v) is 19.0. The summed E-state index contributed by atoms with van der Waals surface area (Å²) in [6, 6.07) is 11.8. The van der Waals surface area contributed by atoms with Gasteiger partial charge in [0.1, 0.15) is 11.6 Å².